The average Bonchev–Trinajstić information content (AvgIpc) is 2.54. The third-order valence-corrected chi connectivity index (χ3v) is 2.49. The van der Waals surface area contributed by atoms with Crippen molar-refractivity contribution in [3.63, 3.8) is 0 Å². The van der Waals surface area contributed by atoms with E-state index in [-0.39, 0.29) is 11.3 Å². The Morgan fingerprint density at radius 2 is 2.06 bits per heavy atom. The SMILES string of the molecule is CC(=O)NCCCc1oc(C(C)(C)C)nc1C. The van der Waals surface area contributed by atoms with Gasteiger partial charge in [0.25, 0.3) is 0 Å². The van der Waals surface area contributed by atoms with Crippen LogP contribution in [0.1, 0.15) is 51.5 Å². The highest BCUT2D eigenvalue weighted by molar-refractivity contribution is 5.72. The molecule has 0 bridgehead atoms. The van der Waals surface area contributed by atoms with E-state index in [0.717, 1.165) is 30.2 Å². The summed E-state index contributed by atoms with van der Waals surface area (Å²) < 4.78 is 5.76. The van der Waals surface area contributed by atoms with Gasteiger partial charge in [0.1, 0.15) is 5.76 Å². The summed E-state index contributed by atoms with van der Waals surface area (Å²) in [6, 6.07) is 0. The predicted octanol–water partition coefficient (Wildman–Crippen LogP) is 2.35. The van der Waals surface area contributed by atoms with Crippen LogP contribution in [-0.2, 0) is 16.6 Å². The molecule has 0 aromatic carbocycles. The molecule has 0 unspecified atom stereocenters. The monoisotopic (exact) mass is 238 g/mol. The first-order valence-electron chi connectivity index (χ1n) is 6.02. The zero-order chi connectivity index (χ0) is 13.1. The first-order chi connectivity index (χ1) is 7.80. The van der Waals surface area contributed by atoms with E-state index >= 15 is 0 Å². The fourth-order valence-corrected chi connectivity index (χ4v) is 1.49. The number of nitrogens with zero attached hydrogens (tertiary/aromatic N) is 1. The first-order valence-corrected chi connectivity index (χ1v) is 6.02. The minimum absolute atomic E-state index is 0.00896. The lowest BCUT2D eigenvalue weighted by Gasteiger charge is -2.12. The van der Waals surface area contributed by atoms with Gasteiger partial charge in [-0.05, 0) is 13.3 Å². The summed E-state index contributed by atoms with van der Waals surface area (Å²) in [5, 5.41) is 2.77. The van der Waals surface area contributed by atoms with Crippen LogP contribution in [0.4, 0.5) is 0 Å². The van der Waals surface area contributed by atoms with Crippen molar-refractivity contribution in [2.24, 2.45) is 0 Å². The molecule has 0 aliphatic carbocycles. The lowest BCUT2D eigenvalue weighted by molar-refractivity contribution is -0.118. The van der Waals surface area contributed by atoms with E-state index < -0.39 is 0 Å². The van der Waals surface area contributed by atoms with Gasteiger partial charge >= 0.3 is 0 Å². The highest BCUT2D eigenvalue weighted by atomic mass is 16.4. The summed E-state index contributed by atoms with van der Waals surface area (Å²) >= 11 is 0. The molecule has 17 heavy (non-hydrogen) atoms. The largest absolute Gasteiger partial charge is 0.445 e. The van der Waals surface area contributed by atoms with Crippen molar-refractivity contribution in [2.45, 2.75) is 52.9 Å². The van der Waals surface area contributed by atoms with Gasteiger partial charge in [0.05, 0.1) is 5.69 Å². The summed E-state index contributed by atoms with van der Waals surface area (Å²) in [5.74, 6) is 1.72. The van der Waals surface area contributed by atoms with Gasteiger partial charge in [-0.25, -0.2) is 4.98 Å². The minimum atomic E-state index is -0.0549. The molecule has 4 heteroatoms. The number of hydrogen-bond donors (Lipinski definition) is 1. The van der Waals surface area contributed by atoms with E-state index in [4.69, 9.17) is 4.42 Å². The van der Waals surface area contributed by atoms with Crippen LogP contribution in [0.25, 0.3) is 0 Å². The van der Waals surface area contributed by atoms with Crippen molar-refractivity contribution >= 4 is 5.91 Å². The second kappa shape index (κ2) is 5.34. The number of amides is 1. The molecule has 0 aliphatic heterocycles. The standard InChI is InChI=1S/C13H22N2O2/c1-9-11(7-6-8-14-10(2)16)17-12(15-9)13(3,4)5/h6-8H2,1-5H3,(H,14,16). The topological polar surface area (TPSA) is 55.1 Å². The van der Waals surface area contributed by atoms with E-state index in [0.29, 0.717) is 6.54 Å². The number of nitrogens with one attached hydrogen (secondary N) is 1. The van der Waals surface area contributed by atoms with Crippen LogP contribution in [0, 0.1) is 6.92 Å². The smallest absolute Gasteiger partial charge is 0.216 e. The predicted molar refractivity (Wildman–Crippen MR) is 66.9 cm³/mol. The van der Waals surface area contributed by atoms with Crippen LogP contribution in [-0.4, -0.2) is 17.4 Å². The molecule has 0 fully saturated rings. The van der Waals surface area contributed by atoms with Crippen LogP contribution >= 0.6 is 0 Å². The Morgan fingerprint density at radius 1 is 1.41 bits per heavy atom. The van der Waals surface area contributed by atoms with E-state index in [2.05, 4.69) is 31.1 Å². The Bertz CT molecular complexity index is 389. The summed E-state index contributed by atoms with van der Waals surface area (Å²) in [6.07, 6.45) is 1.69. The van der Waals surface area contributed by atoms with Gasteiger partial charge in [0.2, 0.25) is 5.91 Å². The average molecular weight is 238 g/mol. The van der Waals surface area contributed by atoms with Gasteiger partial charge in [-0.1, -0.05) is 20.8 Å². The maximum Gasteiger partial charge on any atom is 0.216 e. The fraction of sp³-hybridized carbons (Fsp3) is 0.692. The van der Waals surface area contributed by atoms with E-state index in [9.17, 15) is 4.79 Å². The molecule has 1 heterocycles. The number of rotatable bonds is 4. The van der Waals surface area contributed by atoms with Crippen LogP contribution < -0.4 is 5.32 Å². The summed E-state index contributed by atoms with van der Waals surface area (Å²) in [7, 11) is 0. The van der Waals surface area contributed by atoms with E-state index in [1.165, 1.54) is 6.92 Å². The summed E-state index contributed by atoms with van der Waals surface area (Å²) in [5.41, 5.74) is 0.901. The van der Waals surface area contributed by atoms with Gasteiger partial charge in [-0.15, -0.1) is 0 Å². The fourth-order valence-electron chi connectivity index (χ4n) is 1.49. The number of aryl methyl sites for hydroxylation is 2. The molecule has 0 aliphatic rings. The Hall–Kier alpha value is -1.32. The van der Waals surface area contributed by atoms with Crippen LogP contribution in [0.2, 0.25) is 0 Å². The van der Waals surface area contributed by atoms with Gasteiger partial charge in [0.15, 0.2) is 5.89 Å². The molecule has 96 valence electrons. The Morgan fingerprint density at radius 3 is 2.53 bits per heavy atom. The Balaban J connectivity index is 2.54. The highest BCUT2D eigenvalue weighted by Crippen LogP contribution is 2.24. The van der Waals surface area contributed by atoms with Gasteiger partial charge in [0, 0.05) is 25.3 Å². The lowest BCUT2D eigenvalue weighted by atomic mass is 9.97. The Labute approximate surface area is 103 Å². The third-order valence-electron chi connectivity index (χ3n) is 2.49. The van der Waals surface area contributed by atoms with Crippen molar-refractivity contribution in [3.8, 4) is 0 Å². The number of oxazole rings is 1. The number of carbonyl (C=O) groups excluding carboxylic acids is 1. The normalized spacial score (nSPS) is 11.6. The highest BCUT2D eigenvalue weighted by Gasteiger charge is 2.21. The molecule has 0 spiro atoms. The van der Waals surface area contributed by atoms with Gasteiger partial charge < -0.3 is 9.73 Å². The van der Waals surface area contributed by atoms with Crippen molar-refractivity contribution < 1.29 is 9.21 Å². The molecule has 0 saturated carbocycles. The number of hydrogen-bond acceptors (Lipinski definition) is 3. The van der Waals surface area contributed by atoms with Crippen molar-refractivity contribution in [1.29, 1.82) is 0 Å². The van der Waals surface area contributed by atoms with Crippen molar-refractivity contribution in [1.82, 2.24) is 10.3 Å². The third kappa shape index (κ3) is 4.21. The second-order valence-corrected chi connectivity index (χ2v) is 5.36. The lowest BCUT2D eigenvalue weighted by Crippen LogP contribution is -2.21. The molecule has 0 radical (unpaired) electrons. The molecular formula is C13H22N2O2. The summed E-state index contributed by atoms with van der Waals surface area (Å²) in [6.45, 7) is 10.4. The van der Waals surface area contributed by atoms with Crippen molar-refractivity contribution in [2.75, 3.05) is 6.54 Å². The maximum atomic E-state index is 10.7. The van der Waals surface area contributed by atoms with Crippen molar-refractivity contribution in [3.05, 3.63) is 17.3 Å². The van der Waals surface area contributed by atoms with E-state index in [1.807, 2.05) is 6.92 Å². The molecule has 1 amide bonds. The molecule has 1 aromatic heterocycles. The van der Waals surface area contributed by atoms with Gasteiger partial charge in [-0.2, -0.15) is 0 Å². The first kappa shape index (κ1) is 13.7. The zero-order valence-electron chi connectivity index (χ0n) is 11.4. The van der Waals surface area contributed by atoms with Crippen LogP contribution in [0.5, 0.6) is 0 Å². The molecule has 0 atom stereocenters. The zero-order valence-corrected chi connectivity index (χ0v) is 11.4. The maximum absolute atomic E-state index is 10.7. The number of carbonyl (C=O) groups is 1. The van der Waals surface area contributed by atoms with Crippen LogP contribution in [0.3, 0.4) is 0 Å². The summed E-state index contributed by atoms with van der Waals surface area (Å²) in [4.78, 5) is 15.2. The Kier molecular flexibility index (Phi) is 4.32. The van der Waals surface area contributed by atoms with Gasteiger partial charge in [-0.3, -0.25) is 4.79 Å². The number of aromatic nitrogens is 1. The minimum Gasteiger partial charge on any atom is -0.445 e. The second-order valence-electron chi connectivity index (χ2n) is 5.36. The molecule has 0 saturated heterocycles. The quantitative estimate of drug-likeness (QED) is 0.819. The molecular weight excluding hydrogens is 216 g/mol. The molecule has 1 N–H and O–H groups in total. The van der Waals surface area contributed by atoms with E-state index in [1.54, 1.807) is 0 Å². The molecule has 1 aromatic rings. The van der Waals surface area contributed by atoms with Crippen LogP contribution in [0.15, 0.2) is 4.42 Å². The molecule has 4 nitrogen and oxygen atoms in total. The molecule has 1 rings (SSSR count).